The highest BCUT2D eigenvalue weighted by Gasteiger charge is 2.69. The predicted molar refractivity (Wildman–Crippen MR) is 99.7 cm³/mol. The molecule has 0 aromatic heterocycles. The van der Waals surface area contributed by atoms with Gasteiger partial charge in [-0.3, -0.25) is 0 Å². The van der Waals surface area contributed by atoms with Gasteiger partial charge in [-0.05, 0) is 56.8 Å². The summed E-state index contributed by atoms with van der Waals surface area (Å²) in [4.78, 5) is 12.0. The van der Waals surface area contributed by atoms with E-state index in [4.69, 9.17) is 24.0 Å². The van der Waals surface area contributed by atoms with Crippen LogP contribution in [-0.2, 0) is 24.0 Å². The maximum Gasteiger partial charge on any atom is 0.248 e. The maximum absolute atomic E-state index is 13.4. The summed E-state index contributed by atoms with van der Waals surface area (Å²) in [6.45, 7) is 6.83. The van der Waals surface area contributed by atoms with Gasteiger partial charge >= 0.3 is 0 Å². The second-order valence-corrected chi connectivity index (χ2v) is 10.4. The quantitative estimate of drug-likeness (QED) is 0.604. The van der Waals surface area contributed by atoms with Crippen LogP contribution in [0.1, 0.15) is 72.1 Å². The fourth-order valence-electron chi connectivity index (χ4n) is 6.56. The molecule has 0 aromatic rings. The molecule has 6 aliphatic rings. The first-order valence-corrected chi connectivity index (χ1v) is 11.4. The summed E-state index contributed by atoms with van der Waals surface area (Å²) in [5.74, 6) is -1.92. The Balaban J connectivity index is 1.32. The van der Waals surface area contributed by atoms with Crippen molar-refractivity contribution in [2.75, 3.05) is 6.61 Å². The maximum atomic E-state index is 13.4. The monoisotopic (exact) mass is 416 g/mol. The Labute approximate surface area is 171 Å². The Kier molecular flexibility index (Phi) is 5.03. The Morgan fingerprint density at radius 1 is 0.931 bits per heavy atom. The third kappa shape index (κ3) is 3.36. The molecule has 0 N–H and O–H groups in total. The lowest BCUT2D eigenvalue weighted by molar-refractivity contribution is -0.577. The number of hydrogen-bond acceptors (Lipinski definition) is 5. The Bertz CT molecular complexity index is 622. The van der Waals surface area contributed by atoms with Gasteiger partial charge in [-0.2, -0.15) is 0 Å². The molecule has 2 bridgehead atoms. The van der Waals surface area contributed by atoms with Crippen LogP contribution in [0.3, 0.4) is 0 Å². The lowest BCUT2D eigenvalue weighted by Gasteiger charge is -2.60. The van der Waals surface area contributed by atoms with Crippen LogP contribution < -0.4 is 0 Å². The van der Waals surface area contributed by atoms with Crippen LogP contribution in [0.2, 0.25) is 0 Å². The van der Waals surface area contributed by atoms with Crippen LogP contribution in [0.5, 0.6) is 0 Å². The molecule has 4 saturated heterocycles. The van der Waals surface area contributed by atoms with E-state index >= 15 is 0 Å². The van der Waals surface area contributed by atoms with Crippen molar-refractivity contribution in [2.45, 2.75) is 102 Å². The summed E-state index contributed by atoms with van der Waals surface area (Å²) in [7, 11) is 0. The number of fused-ring (bicyclic) bond motifs is 2. The SMILES string of the molecule is C[C@H]1[C@H](OCC2CCC(F)(F)CC2)O[C@@H]2O[C@@]3(C)CC[C@H]4[C@H](C)CC[C@@H]1[C@@]24OO3. The summed E-state index contributed by atoms with van der Waals surface area (Å²) < 4.78 is 45.8. The molecule has 8 atom stereocenters. The standard InChI is InChI=1S/C22H34F2O5/c1-13-4-5-17-14(2)18(25-12-15-6-10-21(23,24)11-7-15)26-19-22(17)16(13)8-9-20(3,27-19)28-29-22/h13-19H,4-12H2,1-3H3/t13-,14-,16+,17+,18-,19-,20-,22-/m1/s1. The molecule has 0 amide bonds. The summed E-state index contributed by atoms with van der Waals surface area (Å²) in [6, 6.07) is 0. The van der Waals surface area contributed by atoms with E-state index in [1.807, 2.05) is 6.92 Å². The molecule has 0 aromatic carbocycles. The Hall–Kier alpha value is -0.340. The van der Waals surface area contributed by atoms with Crippen LogP contribution in [-0.4, -0.2) is 36.5 Å². The van der Waals surface area contributed by atoms with E-state index in [9.17, 15) is 8.78 Å². The zero-order valence-corrected chi connectivity index (χ0v) is 17.7. The molecular formula is C22H34F2O5. The van der Waals surface area contributed by atoms with Crippen molar-refractivity contribution in [3.8, 4) is 0 Å². The topological polar surface area (TPSA) is 46.2 Å². The molecule has 2 aliphatic carbocycles. The number of hydrogen-bond donors (Lipinski definition) is 0. The molecule has 6 rings (SSSR count). The van der Waals surface area contributed by atoms with Crippen LogP contribution in [0.4, 0.5) is 8.78 Å². The smallest absolute Gasteiger partial charge is 0.248 e. The van der Waals surface area contributed by atoms with Crippen molar-refractivity contribution in [3.05, 3.63) is 0 Å². The van der Waals surface area contributed by atoms with Crippen molar-refractivity contribution in [3.63, 3.8) is 0 Å². The molecule has 4 heterocycles. The van der Waals surface area contributed by atoms with Gasteiger partial charge in [0.25, 0.3) is 0 Å². The molecular weight excluding hydrogens is 382 g/mol. The minimum atomic E-state index is -2.51. The number of rotatable bonds is 3. The van der Waals surface area contributed by atoms with Gasteiger partial charge in [0.05, 0.1) is 6.61 Å². The fourth-order valence-corrected chi connectivity index (χ4v) is 6.56. The van der Waals surface area contributed by atoms with E-state index in [0.717, 1.165) is 25.7 Å². The van der Waals surface area contributed by atoms with Crippen LogP contribution in [0.25, 0.3) is 0 Å². The first kappa shape index (κ1) is 20.6. The van der Waals surface area contributed by atoms with Gasteiger partial charge in [-0.15, -0.1) is 0 Å². The Morgan fingerprint density at radius 2 is 1.69 bits per heavy atom. The van der Waals surface area contributed by atoms with E-state index in [1.165, 1.54) is 0 Å². The van der Waals surface area contributed by atoms with Crippen molar-refractivity contribution < 1.29 is 32.8 Å². The minimum Gasteiger partial charge on any atom is -0.352 e. The normalized spacial score (nSPS) is 52.0. The molecule has 0 radical (unpaired) electrons. The van der Waals surface area contributed by atoms with Gasteiger partial charge in [0.2, 0.25) is 11.7 Å². The summed E-state index contributed by atoms with van der Waals surface area (Å²) in [6.07, 6.45) is 3.99. The average molecular weight is 417 g/mol. The second kappa shape index (κ2) is 7.09. The van der Waals surface area contributed by atoms with E-state index < -0.39 is 29.9 Å². The molecule has 5 nitrogen and oxygen atoms in total. The summed E-state index contributed by atoms with van der Waals surface area (Å²) >= 11 is 0. The minimum absolute atomic E-state index is 0.0390. The fraction of sp³-hybridized carbons (Fsp3) is 1.00. The van der Waals surface area contributed by atoms with E-state index in [2.05, 4.69) is 13.8 Å². The van der Waals surface area contributed by atoms with Crippen molar-refractivity contribution >= 4 is 0 Å². The molecule has 2 saturated carbocycles. The zero-order valence-electron chi connectivity index (χ0n) is 17.7. The highest BCUT2D eigenvalue weighted by molar-refractivity contribution is 5.09. The number of alkyl halides is 2. The molecule has 1 spiro atoms. The Morgan fingerprint density at radius 3 is 2.45 bits per heavy atom. The predicted octanol–water partition coefficient (Wildman–Crippen LogP) is 5.04. The zero-order chi connectivity index (χ0) is 20.4. The molecule has 6 fully saturated rings. The van der Waals surface area contributed by atoms with Gasteiger partial charge in [0.1, 0.15) is 0 Å². The van der Waals surface area contributed by atoms with Crippen LogP contribution >= 0.6 is 0 Å². The van der Waals surface area contributed by atoms with Gasteiger partial charge in [0.15, 0.2) is 18.2 Å². The third-order valence-electron chi connectivity index (χ3n) is 8.43. The van der Waals surface area contributed by atoms with E-state index in [-0.39, 0.29) is 30.6 Å². The van der Waals surface area contributed by atoms with Gasteiger partial charge in [-0.1, -0.05) is 13.8 Å². The first-order valence-electron chi connectivity index (χ1n) is 11.4. The number of ether oxygens (including phenoxy) is 3. The largest absolute Gasteiger partial charge is 0.352 e. The van der Waals surface area contributed by atoms with Crippen molar-refractivity contribution in [2.24, 2.45) is 29.6 Å². The highest BCUT2D eigenvalue weighted by atomic mass is 19.3. The molecule has 29 heavy (non-hydrogen) atoms. The molecule has 0 unspecified atom stereocenters. The average Bonchev–Trinajstić information content (AvgIpc) is 2.90. The lowest BCUT2D eigenvalue weighted by atomic mass is 9.58. The van der Waals surface area contributed by atoms with E-state index in [0.29, 0.717) is 31.3 Å². The summed E-state index contributed by atoms with van der Waals surface area (Å²) in [5, 5.41) is 0. The second-order valence-electron chi connectivity index (χ2n) is 10.4. The van der Waals surface area contributed by atoms with Gasteiger partial charge in [0, 0.05) is 31.1 Å². The van der Waals surface area contributed by atoms with Crippen LogP contribution in [0.15, 0.2) is 0 Å². The van der Waals surface area contributed by atoms with Gasteiger partial charge < -0.3 is 14.2 Å². The van der Waals surface area contributed by atoms with Crippen molar-refractivity contribution in [1.82, 2.24) is 0 Å². The highest BCUT2D eigenvalue weighted by Crippen LogP contribution is 2.60. The van der Waals surface area contributed by atoms with E-state index in [1.54, 1.807) is 0 Å². The van der Waals surface area contributed by atoms with Crippen LogP contribution in [0, 0.1) is 29.6 Å². The number of halogens is 2. The third-order valence-corrected chi connectivity index (χ3v) is 8.43. The molecule has 166 valence electrons. The molecule has 4 aliphatic heterocycles. The summed E-state index contributed by atoms with van der Waals surface area (Å²) in [5.41, 5.74) is -0.583. The lowest BCUT2D eigenvalue weighted by Crippen LogP contribution is -2.70. The molecule has 7 heteroatoms. The van der Waals surface area contributed by atoms with Gasteiger partial charge in [-0.25, -0.2) is 18.6 Å². The van der Waals surface area contributed by atoms with Crippen molar-refractivity contribution in [1.29, 1.82) is 0 Å². The first-order chi connectivity index (χ1) is 13.7.